The highest BCUT2D eigenvalue weighted by molar-refractivity contribution is 7.89. The summed E-state index contributed by atoms with van der Waals surface area (Å²) < 4.78 is 112. The second kappa shape index (κ2) is 11.9. The minimum atomic E-state index is -5.77. The monoisotopic (exact) mass is 642 g/mol. The van der Waals surface area contributed by atoms with Gasteiger partial charge >= 0.3 is 18.4 Å². The first-order valence-corrected chi connectivity index (χ1v) is 15.6. The Hall–Kier alpha value is -3.81. The van der Waals surface area contributed by atoms with Gasteiger partial charge < -0.3 is 14.4 Å². The van der Waals surface area contributed by atoms with Crippen molar-refractivity contribution >= 4 is 15.9 Å². The number of likely N-dealkylation sites (tertiary alicyclic amines) is 1. The standard InChI is InChI=1S/C30H28F6N2O5S/c31-29(32,33)26(30(34,35)36)42-27(39)38-15-12-28(13-16-38)11-10-23-17-22(8-9-25(23)43-28)21-6-4-20(5-7-21)18-44(40,41)19-24-3-1-2-14-37-24/h1-9,14,17,26H,10-13,15-16,18-19H2. The SMILES string of the molecule is O=C(OC(C(F)(F)F)C(F)(F)F)N1CCC2(CCc3cc(-c4ccc(CS(=O)(=O)Cc5ccccn5)cc4)ccc3O2)CC1. The number of fused-ring (bicyclic) bond motifs is 1. The molecular weight excluding hydrogens is 614 g/mol. The fraction of sp³-hybridized carbons (Fsp3) is 0.400. The summed E-state index contributed by atoms with van der Waals surface area (Å²) in [5.41, 5.74) is 3.12. The van der Waals surface area contributed by atoms with E-state index in [1.165, 1.54) is 0 Å². The summed E-state index contributed by atoms with van der Waals surface area (Å²) in [7, 11) is -3.41. The van der Waals surface area contributed by atoms with Crippen LogP contribution in [0.5, 0.6) is 5.75 Å². The minimum Gasteiger partial charge on any atom is -0.487 e. The number of amides is 1. The maximum absolute atomic E-state index is 12.8. The fourth-order valence-corrected chi connectivity index (χ4v) is 6.88. The van der Waals surface area contributed by atoms with Crippen LogP contribution in [0.15, 0.2) is 66.9 Å². The third kappa shape index (κ3) is 7.45. The number of ether oxygens (including phenoxy) is 2. The molecule has 3 aromatic rings. The molecule has 1 saturated heterocycles. The number of pyridine rings is 1. The molecule has 236 valence electrons. The van der Waals surface area contributed by atoms with Crippen LogP contribution in [-0.2, 0) is 32.5 Å². The molecule has 1 amide bonds. The Kier molecular flexibility index (Phi) is 8.58. The van der Waals surface area contributed by atoms with Gasteiger partial charge in [-0.2, -0.15) is 26.3 Å². The first kappa shape index (κ1) is 31.6. The molecule has 2 aliphatic heterocycles. The molecule has 0 saturated carbocycles. The van der Waals surface area contributed by atoms with Crippen LogP contribution in [0.4, 0.5) is 31.1 Å². The van der Waals surface area contributed by atoms with Crippen LogP contribution in [0.1, 0.15) is 36.1 Å². The minimum absolute atomic E-state index is 0.112. The van der Waals surface area contributed by atoms with Crippen LogP contribution >= 0.6 is 0 Å². The zero-order chi connectivity index (χ0) is 31.8. The van der Waals surface area contributed by atoms with E-state index < -0.39 is 40.0 Å². The molecule has 0 unspecified atom stereocenters. The molecule has 7 nitrogen and oxygen atoms in total. The molecule has 5 rings (SSSR count). The Morgan fingerprint density at radius 1 is 0.909 bits per heavy atom. The number of hydrogen-bond donors (Lipinski definition) is 0. The Balaban J connectivity index is 1.19. The lowest BCUT2D eigenvalue weighted by atomic mass is 9.82. The van der Waals surface area contributed by atoms with Gasteiger partial charge in [0.25, 0.3) is 6.10 Å². The van der Waals surface area contributed by atoms with Gasteiger partial charge in [0.1, 0.15) is 11.4 Å². The summed E-state index contributed by atoms with van der Waals surface area (Å²) in [4.78, 5) is 17.1. The van der Waals surface area contributed by atoms with Gasteiger partial charge in [-0.1, -0.05) is 36.4 Å². The number of rotatable bonds is 6. The number of carbonyl (C=O) groups excluding carboxylic acids is 1. The normalized spacial score (nSPS) is 16.8. The third-order valence-corrected chi connectivity index (χ3v) is 9.26. The second-order valence-electron chi connectivity index (χ2n) is 11.0. The quantitative estimate of drug-likeness (QED) is 0.280. The first-order valence-electron chi connectivity index (χ1n) is 13.7. The van der Waals surface area contributed by atoms with Crippen LogP contribution in [0.3, 0.4) is 0 Å². The third-order valence-electron chi connectivity index (χ3n) is 7.75. The van der Waals surface area contributed by atoms with Crippen molar-refractivity contribution in [2.24, 2.45) is 0 Å². The number of halogens is 6. The molecule has 14 heteroatoms. The lowest BCUT2D eigenvalue weighted by Gasteiger charge is -2.44. The van der Waals surface area contributed by atoms with Gasteiger partial charge in [-0.3, -0.25) is 4.98 Å². The number of aromatic nitrogens is 1. The van der Waals surface area contributed by atoms with Gasteiger partial charge in [0.2, 0.25) is 0 Å². The van der Waals surface area contributed by atoms with Gasteiger partial charge in [-0.05, 0) is 59.4 Å². The number of sulfone groups is 1. The van der Waals surface area contributed by atoms with Gasteiger partial charge in [0.15, 0.2) is 9.84 Å². The number of carbonyl (C=O) groups is 1. The topological polar surface area (TPSA) is 85.8 Å². The van der Waals surface area contributed by atoms with Crippen molar-refractivity contribution < 1.29 is 49.0 Å². The molecule has 1 aromatic heterocycles. The number of aryl methyl sites for hydroxylation is 1. The molecule has 0 atom stereocenters. The van der Waals surface area contributed by atoms with Crippen LogP contribution in [-0.4, -0.2) is 61.5 Å². The van der Waals surface area contributed by atoms with E-state index in [2.05, 4.69) is 9.72 Å². The second-order valence-corrected chi connectivity index (χ2v) is 13.1. The number of hydrogen-bond acceptors (Lipinski definition) is 6. The van der Waals surface area contributed by atoms with Crippen molar-refractivity contribution in [1.82, 2.24) is 9.88 Å². The molecule has 2 aliphatic rings. The Morgan fingerprint density at radius 3 is 2.18 bits per heavy atom. The van der Waals surface area contributed by atoms with E-state index in [-0.39, 0.29) is 37.4 Å². The predicted octanol–water partition coefficient (Wildman–Crippen LogP) is 6.65. The van der Waals surface area contributed by atoms with Crippen molar-refractivity contribution in [1.29, 1.82) is 0 Å². The highest BCUT2D eigenvalue weighted by atomic mass is 32.2. The van der Waals surface area contributed by atoms with Crippen LogP contribution in [0.25, 0.3) is 11.1 Å². The lowest BCUT2D eigenvalue weighted by molar-refractivity contribution is -0.308. The molecule has 0 radical (unpaired) electrons. The van der Waals surface area contributed by atoms with Gasteiger partial charge in [-0.15, -0.1) is 0 Å². The van der Waals surface area contributed by atoms with Crippen molar-refractivity contribution in [2.75, 3.05) is 13.1 Å². The largest absolute Gasteiger partial charge is 0.487 e. The molecule has 0 aliphatic carbocycles. The van der Waals surface area contributed by atoms with Crippen molar-refractivity contribution in [3.63, 3.8) is 0 Å². The zero-order valence-electron chi connectivity index (χ0n) is 23.2. The number of piperidine rings is 1. The van der Waals surface area contributed by atoms with E-state index in [0.29, 0.717) is 29.8 Å². The number of nitrogens with zero attached hydrogens (tertiary/aromatic N) is 2. The molecule has 1 fully saturated rings. The smallest absolute Gasteiger partial charge is 0.434 e. The van der Waals surface area contributed by atoms with Crippen molar-refractivity contribution in [3.05, 3.63) is 83.7 Å². The van der Waals surface area contributed by atoms with E-state index in [1.54, 1.807) is 42.6 Å². The lowest BCUT2D eigenvalue weighted by Crippen LogP contribution is -2.53. The summed E-state index contributed by atoms with van der Waals surface area (Å²) in [5, 5.41) is 0. The highest BCUT2D eigenvalue weighted by Gasteiger charge is 2.60. The highest BCUT2D eigenvalue weighted by Crippen LogP contribution is 2.42. The molecule has 0 N–H and O–H groups in total. The summed E-state index contributed by atoms with van der Waals surface area (Å²) in [6.07, 6.45) is -14.3. The predicted molar refractivity (Wildman–Crippen MR) is 147 cm³/mol. The average molecular weight is 643 g/mol. The summed E-state index contributed by atoms with van der Waals surface area (Å²) in [5.74, 6) is 0.341. The van der Waals surface area contributed by atoms with Gasteiger partial charge in [-0.25, -0.2) is 13.2 Å². The van der Waals surface area contributed by atoms with E-state index in [0.717, 1.165) is 21.6 Å². The average Bonchev–Trinajstić information content (AvgIpc) is 2.95. The van der Waals surface area contributed by atoms with E-state index in [9.17, 15) is 39.6 Å². The molecule has 44 heavy (non-hydrogen) atoms. The summed E-state index contributed by atoms with van der Waals surface area (Å²) in [6.45, 7) is -0.225. The van der Waals surface area contributed by atoms with E-state index in [4.69, 9.17) is 4.74 Å². The number of alkyl halides is 6. The molecule has 0 bridgehead atoms. The Labute approximate surface area is 249 Å². The van der Waals surface area contributed by atoms with Crippen LogP contribution < -0.4 is 4.74 Å². The van der Waals surface area contributed by atoms with E-state index in [1.807, 2.05) is 24.3 Å². The molecule has 1 spiro atoms. The first-order chi connectivity index (χ1) is 20.6. The maximum atomic E-state index is 12.8. The van der Waals surface area contributed by atoms with E-state index >= 15 is 0 Å². The zero-order valence-corrected chi connectivity index (χ0v) is 24.0. The molecular formula is C30H28F6N2O5S. The van der Waals surface area contributed by atoms with Gasteiger partial charge in [0.05, 0.1) is 17.2 Å². The van der Waals surface area contributed by atoms with Crippen molar-refractivity contribution in [3.8, 4) is 16.9 Å². The number of benzene rings is 2. The van der Waals surface area contributed by atoms with Crippen molar-refractivity contribution in [2.45, 2.75) is 61.2 Å². The fourth-order valence-electron chi connectivity index (χ4n) is 5.45. The molecule has 3 heterocycles. The van der Waals surface area contributed by atoms with Crippen LogP contribution in [0, 0.1) is 0 Å². The Morgan fingerprint density at radius 2 is 1.57 bits per heavy atom. The Bertz CT molecular complexity index is 1570. The molecule has 2 aromatic carbocycles. The van der Waals surface area contributed by atoms with Crippen LogP contribution in [0.2, 0.25) is 0 Å². The van der Waals surface area contributed by atoms with Gasteiger partial charge in [0, 0.05) is 32.1 Å². The summed E-state index contributed by atoms with van der Waals surface area (Å²) >= 11 is 0. The maximum Gasteiger partial charge on any atom is 0.434 e. The summed E-state index contributed by atoms with van der Waals surface area (Å²) in [6, 6.07) is 18.0.